The van der Waals surface area contributed by atoms with E-state index in [9.17, 15) is 0 Å². The molecule has 1 rings (SSSR count). The van der Waals surface area contributed by atoms with E-state index in [1.54, 1.807) is 12.3 Å². The summed E-state index contributed by atoms with van der Waals surface area (Å²) in [6.07, 6.45) is 1.58. The Balaban J connectivity index is 3.02. The molecule has 0 saturated carbocycles. The summed E-state index contributed by atoms with van der Waals surface area (Å²) < 4.78 is 5.15. The van der Waals surface area contributed by atoms with Gasteiger partial charge in [-0.25, -0.2) is 4.98 Å². The highest BCUT2D eigenvalue weighted by molar-refractivity contribution is 5.98. The molecule has 0 amide bonds. The zero-order valence-corrected chi connectivity index (χ0v) is 7.95. The van der Waals surface area contributed by atoms with E-state index in [0.29, 0.717) is 11.4 Å². The zero-order valence-electron chi connectivity index (χ0n) is 7.95. The summed E-state index contributed by atoms with van der Waals surface area (Å²) in [5, 5.41) is 15.9. The third kappa shape index (κ3) is 2.20. The minimum atomic E-state index is -0.0903. The second kappa shape index (κ2) is 4.57. The lowest BCUT2D eigenvalue weighted by molar-refractivity contribution is 0.196. The Morgan fingerprint density at radius 1 is 1.71 bits per heavy atom. The molecule has 5 heteroatoms. The summed E-state index contributed by atoms with van der Waals surface area (Å²) in [4.78, 5) is 3.94. The van der Waals surface area contributed by atoms with E-state index in [4.69, 9.17) is 21.0 Å². The van der Waals surface area contributed by atoms with Gasteiger partial charge < -0.3 is 15.6 Å². The third-order valence-corrected chi connectivity index (χ3v) is 1.72. The van der Waals surface area contributed by atoms with Gasteiger partial charge in [-0.05, 0) is 18.6 Å². The Morgan fingerprint density at radius 2 is 2.43 bits per heavy atom. The van der Waals surface area contributed by atoms with Crippen molar-refractivity contribution >= 4 is 5.84 Å². The number of aliphatic hydroxyl groups excluding tert-OH is 1. The number of aromatic nitrogens is 1. The molecule has 0 aromatic carbocycles. The van der Waals surface area contributed by atoms with E-state index in [2.05, 4.69) is 4.98 Å². The number of ether oxygens (including phenoxy) is 1. The number of nitrogens with one attached hydrogen (secondary N) is 1. The SMILES string of the molecule is Cc1ccnc(OCCO)c1C(=N)N. The van der Waals surface area contributed by atoms with Crippen LogP contribution < -0.4 is 10.5 Å². The van der Waals surface area contributed by atoms with Crippen molar-refractivity contribution in [3.05, 3.63) is 23.4 Å². The monoisotopic (exact) mass is 195 g/mol. The van der Waals surface area contributed by atoms with Crippen LogP contribution in [-0.2, 0) is 0 Å². The first-order valence-electron chi connectivity index (χ1n) is 4.20. The zero-order chi connectivity index (χ0) is 10.6. The number of hydrogen-bond acceptors (Lipinski definition) is 4. The van der Waals surface area contributed by atoms with Crippen LogP contribution in [0.15, 0.2) is 12.3 Å². The Morgan fingerprint density at radius 3 is 3.00 bits per heavy atom. The molecule has 0 atom stereocenters. The fourth-order valence-electron chi connectivity index (χ4n) is 1.11. The van der Waals surface area contributed by atoms with Crippen molar-refractivity contribution in [2.75, 3.05) is 13.2 Å². The van der Waals surface area contributed by atoms with E-state index in [-0.39, 0.29) is 19.0 Å². The Hall–Kier alpha value is -1.62. The molecule has 0 radical (unpaired) electrons. The molecular formula is C9H13N3O2. The molecule has 0 spiro atoms. The summed E-state index contributed by atoms with van der Waals surface area (Å²) >= 11 is 0. The molecule has 14 heavy (non-hydrogen) atoms. The number of rotatable bonds is 4. The molecule has 1 aromatic heterocycles. The number of aliphatic hydroxyl groups is 1. The van der Waals surface area contributed by atoms with Crippen LogP contribution in [0.3, 0.4) is 0 Å². The van der Waals surface area contributed by atoms with Crippen molar-refractivity contribution in [2.45, 2.75) is 6.92 Å². The number of hydrogen-bond donors (Lipinski definition) is 3. The number of nitrogens with zero attached hydrogens (tertiary/aromatic N) is 1. The van der Waals surface area contributed by atoms with Crippen LogP contribution in [0.1, 0.15) is 11.1 Å². The average molecular weight is 195 g/mol. The first-order valence-corrected chi connectivity index (χ1v) is 4.20. The minimum absolute atomic E-state index is 0.0801. The minimum Gasteiger partial charge on any atom is -0.475 e. The van der Waals surface area contributed by atoms with Crippen LogP contribution in [0.25, 0.3) is 0 Å². The van der Waals surface area contributed by atoms with Gasteiger partial charge in [0.1, 0.15) is 12.4 Å². The van der Waals surface area contributed by atoms with E-state index in [0.717, 1.165) is 5.56 Å². The molecule has 0 saturated heterocycles. The van der Waals surface area contributed by atoms with Crippen molar-refractivity contribution in [1.82, 2.24) is 4.98 Å². The van der Waals surface area contributed by atoms with Crippen LogP contribution in [0.4, 0.5) is 0 Å². The van der Waals surface area contributed by atoms with Gasteiger partial charge >= 0.3 is 0 Å². The van der Waals surface area contributed by atoms with Crippen LogP contribution >= 0.6 is 0 Å². The fraction of sp³-hybridized carbons (Fsp3) is 0.333. The normalized spacial score (nSPS) is 9.86. The topological polar surface area (TPSA) is 92.2 Å². The smallest absolute Gasteiger partial charge is 0.224 e. The predicted molar refractivity (Wildman–Crippen MR) is 52.6 cm³/mol. The summed E-state index contributed by atoms with van der Waals surface area (Å²) in [5.74, 6) is 0.218. The largest absolute Gasteiger partial charge is 0.475 e. The molecular weight excluding hydrogens is 182 g/mol. The van der Waals surface area contributed by atoms with E-state index >= 15 is 0 Å². The molecule has 5 nitrogen and oxygen atoms in total. The summed E-state index contributed by atoms with van der Waals surface area (Å²) in [6.45, 7) is 1.88. The van der Waals surface area contributed by atoms with Crippen molar-refractivity contribution < 1.29 is 9.84 Å². The second-order valence-corrected chi connectivity index (χ2v) is 2.79. The highest BCUT2D eigenvalue weighted by atomic mass is 16.5. The summed E-state index contributed by atoms with van der Waals surface area (Å²) in [5.41, 5.74) is 6.71. The van der Waals surface area contributed by atoms with Crippen molar-refractivity contribution in [2.24, 2.45) is 5.73 Å². The van der Waals surface area contributed by atoms with Gasteiger partial charge in [-0.15, -0.1) is 0 Å². The number of nitrogen functional groups attached to an aromatic ring is 1. The first kappa shape index (κ1) is 10.5. The van der Waals surface area contributed by atoms with Crippen LogP contribution in [0.2, 0.25) is 0 Å². The van der Waals surface area contributed by atoms with Gasteiger partial charge in [0.15, 0.2) is 0 Å². The third-order valence-electron chi connectivity index (χ3n) is 1.72. The molecule has 1 heterocycles. The Labute approximate surface area is 82.0 Å². The van der Waals surface area contributed by atoms with Crippen LogP contribution in [-0.4, -0.2) is 29.1 Å². The number of aryl methyl sites for hydroxylation is 1. The Kier molecular flexibility index (Phi) is 3.41. The fourth-order valence-corrected chi connectivity index (χ4v) is 1.11. The van der Waals surface area contributed by atoms with Gasteiger partial charge in [0.25, 0.3) is 0 Å². The molecule has 0 unspecified atom stereocenters. The number of amidine groups is 1. The second-order valence-electron chi connectivity index (χ2n) is 2.79. The van der Waals surface area contributed by atoms with Crippen molar-refractivity contribution in [3.63, 3.8) is 0 Å². The highest BCUT2D eigenvalue weighted by Crippen LogP contribution is 2.17. The van der Waals surface area contributed by atoms with E-state index in [1.807, 2.05) is 6.92 Å². The first-order chi connectivity index (χ1) is 6.66. The quantitative estimate of drug-likeness (QED) is 0.467. The van der Waals surface area contributed by atoms with Gasteiger partial charge in [0, 0.05) is 6.20 Å². The van der Waals surface area contributed by atoms with Gasteiger partial charge in [-0.1, -0.05) is 0 Å². The molecule has 0 aliphatic carbocycles. The van der Waals surface area contributed by atoms with Gasteiger partial charge in [-0.2, -0.15) is 0 Å². The predicted octanol–water partition coefficient (Wildman–Crippen LogP) is 0.0452. The molecule has 0 aliphatic rings. The lowest BCUT2D eigenvalue weighted by atomic mass is 10.1. The molecule has 0 aliphatic heterocycles. The van der Waals surface area contributed by atoms with Crippen LogP contribution in [0.5, 0.6) is 5.88 Å². The standard InChI is InChI=1S/C9H13N3O2/c1-6-2-3-12-9(14-5-4-13)7(6)8(10)11/h2-3,13H,4-5H2,1H3,(H3,10,11). The summed E-state index contributed by atoms with van der Waals surface area (Å²) in [7, 11) is 0. The molecule has 4 N–H and O–H groups in total. The van der Waals surface area contributed by atoms with E-state index < -0.39 is 0 Å². The lowest BCUT2D eigenvalue weighted by Crippen LogP contribution is -2.16. The van der Waals surface area contributed by atoms with Gasteiger partial charge in [-0.3, -0.25) is 5.41 Å². The number of pyridine rings is 1. The maximum Gasteiger partial charge on any atom is 0.224 e. The molecule has 76 valence electrons. The van der Waals surface area contributed by atoms with E-state index in [1.165, 1.54) is 0 Å². The average Bonchev–Trinajstić information content (AvgIpc) is 2.14. The van der Waals surface area contributed by atoms with Crippen LogP contribution in [0, 0.1) is 12.3 Å². The number of nitrogens with two attached hydrogens (primary N) is 1. The molecule has 0 bridgehead atoms. The molecule has 1 aromatic rings. The maximum atomic E-state index is 8.59. The summed E-state index contributed by atoms with van der Waals surface area (Å²) in [6, 6.07) is 1.75. The lowest BCUT2D eigenvalue weighted by Gasteiger charge is -2.10. The van der Waals surface area contributed by atoms with Gasteiger partial charge in [0.2, 0.25) is 5.88 Å². The van der Waals surface area contributed by atoms with Crippen molar-refractivity contribution in [1.29, 1.82) is 5.41 Å². The highest BCUT2D eigenvalue weighted by Gasteiger charge is 2.10. The van der Waals surface area contributed by atoms with Gasteiger partial charge in [0.05, 0.1) is 12.2 Å². The maximum absolute atomic E-state index is 8.59. The van der Waals surface area contributed by atoms with Crippen molar-refractivity contribution in [3.8, 4) is 5.88 Å². The molecule has 0 fully saturated rings. The Bertz CT molecular complexity index is 339.